The molecule has 1 heterocycles. The minimum atomic E-state index is -4.05. The molecular formula is C17H15NO6S. The molecule has 0 spiro atoms. The average Bonchev–Trinajstić information content (AvgIpc) is 2.56. The van der Waals surface area contributed by atoms with Crippen molar-refractivity contribution in [2.75, 3.05) is 0 Å². The highest BCUT2D eigenvalue weighted by molar-refractivity contribution is 7.87. The Morgan fingerprint density at radius 1 is 1.16 bits per heavy atom. The lowest BCUT2D eigenvalue weighted by Gasteiger charge is -2.24. The number of carbonyl (C=O) groups excluding carboxylic acids is 1. The molecule has 0 aliphatic carbocycles. The van der Waals surface area contributed by atoms with Crippen molar-refractivity contribution in [1.29, 1.82) is 0 Å². The van der Waals surface area contributed by atoms with Gasteiger partial charge in [-0.25, -0.2) is 0 Å². The Morgan fingerprint density at radius 3 is 2.56 bits per heavy atom. The second-order valence-corrected chi connectivity index (χ2v) is 6.82. The third-order valence-corrected chi connectivity index (χ3v) is 4.62. The zero-order valence-corrected chi connectivity index (χ0v) is 14.0. The molecule has 0 aromatic heterocycles. The second-order valence-electron chi connectivity index (χ2n) is 5.28. The van der Waals surface area contributed by atoms with Crippen molar-refractivity contribution >= 4 is 22.1 Å². The van der Waals surface area contributed by atoms with Gasteiger partial charge in [-0.2, -0.15) is 8.42 Å². The minimum Gasteiger partial charge on any atom is -0.455 e. The number of amides is 1. The highest BCUT2D eigenvalue weighted by Gasteiger charge is 2.26. The molecule has 130 valence electrons. The van der Waals surface area contributed by atoms with Gasteiger partial charge in [-0.3, -0.25) is 4.79 Å². The van der Waals surface area contributed by atoms with Gasteiger partial charge in [0.2, 0.25) is 12.2 Å². The number of nitrogens with one attached hydrogen (secondary N) is 1. The van der Waals surface area contributed by atoms with Crippen LogP contribution in [0.25, 0.3) is 6.08 Å². The fourth-order valence-corrected chi connectivity index (χ4v) is 3.26. The van der Waals surface area contributed by atoms with Gasteiger partial charge in [0.1, 0.15) is 4.90 Å². The molecule has 2 aromatic carbocycles. The minimum absolute atomic E-state index is 0.00145. The van der Waals surface area contributed by atoms with E-state index in [1.54, 1.807) is 30.3 Å². The van der Waals surface area contributed by atoms with E-state index in [-0.39, 0.29) is 28.0 Å². The van der Waals surface area contributed by atoms with Crippen LogP contribution in [0.2, 0.25) is 0 Å². The van der Waals surface area contributed by atoms with E-state index in [0.717, 1.165) is 0 Å². The third kappa shape index (κ3) is 3.65. The molecule has 0 bridgehead atoms. The molecular weight excluding hydrogens is 346 g/mol. The first-order chi connectivity index (χ1) is 11.9. The van der Waals surface area contributed by atoms with Gasteiger partial charge in [-0.05, 0) is 24.3 Å². The van der Waals surface area contributed by atoms with Crippen LogP contribution in [0.3, 0.4) is 0 Å². The van der Waals surface area contributed by atoms with Crippen molar-refractivity contribution in [3.63, 3.8) is 0 Å². The summed E-state index contributed by atoms with van der Waals surface area (Å²) in [5, 5.41) is 12.4. The number of hydrogen-bond donors (Lipinski definition) is 2. The monoisotopic (exact) mass is 361 g/mol. The average molecular weight is 361 g/mol. The van der Waals surface area contributed by atoms with Gasteiger partial charge in [0.05, 0.1) is 5.70 Å². The number of carbonyl (C=O) groups is 1. The molecule has 3 rings (SSSR count). The van der Waals surface area contributed by atoms with Gasteiger partial charge in [-0.15, -0.1) is 0 Å². The Morgan fingerprint density at radius 2 is 1.88 bits per heavy atom. The SMILES string of the molecule is CC(=O)NC1=Cc2cccc(OS(=O)(=O)c3ccccc3)c2OC1O. The number of hydrogen-bond acceptors (Lipinski definition) is 6. The van der Waals surface area contributed by atoms with Crippen LogP contribution in [0, 0.1) is 0 Å². The van der Waals surface area contributed by atoms with Crippen LogP contribution in [0.15, 0.2) is 59.1 Å². The van der Waals surface area contributed by atoms with E-state index in [0.29, 0.717) is 5.56 Å². The third-order valence-electron chi connectivity index (χ3n) is 3.37. The fourth-order valence-electron chi connectivity index (χ4n) is 2.31. The summed E-state index contributed by atoms with van der Waals surface area (Å²) in [5.74, 6) is -0.349. The lowest BCUT2D eigenvalue weighted by Crippen LogP contribution is -2.33. The molecule has 1 aliphatic rings. The predicted octanol–water partition coefficient (Wildman–Crippen LogP) is 1.64. The van der Waals surface area contributed by atoms with E-state index in [4.69, 9.17) is 8.92 Å². The number of aliphatic hydroxyl groups is 1. The molecule has 0 saturated carbocycles. The molecule has 2 N–H and O–H groups in total. The molecule has 7 nitrogen and oxygen atoms in total. The lowest BCUT2D eigenvalue weighted by molar-refractivity contribution is -0.119. The first kappa shape index (κ1) is 17.0. The van der Waals surface area contributed by atoms with Crippen molar-refractivity contribution in [3.05, 3.63) is 59.8 Å². The standard InChI is InChI=1S/C17H15NO6S/c1-11(19)18-14-10-12-6-5-9-15(16(12)23-17(14)20)24-25(21,22)13-7-3-2-4-8-13/h2-10,17,20H,1H3,(H,18,19). The van der Waals surface area contributed by atoms with E-state index in [9.17, 15) is 18.3 Å². The second kappa shape index (κ2) is 6.58. The maximum Gasteiger partial charge on any atom is 0.339 e. The van der Waals surface area contributed by atoms with Crippen LogP contribution < -0.4 is 14.2 Å². The highest BCUT2D eigenvalue weighted by Crippen LogP contribution is 2.38. The largest absolute Gasteiger partial charge is 0.455 e. The van der Waals surface area contributed by atoms with E-state index in [2.05, 4.69) is 5.32 Å². The number of para-hydroxylation sites is 1. The fraction of sp³-hybridized carbons (Fsp3) is 0.118. The van der Waals surface area contributed by atoms with Crippen molar-refractivity contribution in [2.24, 2.45) is 0 Å². The summed E-state index contributed by atoms with van der Waals surface area (Å²) in [6.45, 7) is 1.30. The number of benzene rings is 2. The van der Waals surface area contributed by atoms with Gasteiger partial charge in [0.25, 0.3) is 0 Å². The van der Waals surface area contributed by atoms with Crippen molar-refractivity contribution in [3.8, 4) is 11.5 Å². The van der Waals surface area contributed by atoms with Crippen LogP contribution in [0.4, 0.5) is 0 Å². The Labute approximate surface area is 144 Å². The van der Waals surface area contributed by atoms with Crippen molar-refractivity contribution in [1.82, 2.24) is 5.32 Å². The molecule has 0 fully saturated rings. The van der Waals surface area contributed by atoms with Gasteiger partial charge in [0, 0.05) is 12.5 Å². The molecule has 0 saturated heterocycles. The quantitative estimate of drug-likeness (QED) is 0.803. The van der Waals surface area contributed by atoms with Crippen molar-refractivity contribution in [2.45, 2.75) is 18.1 Å². The Kier molecular flexibility index (Phi) is 4.47. The number of ether oxygens (including phenoxy) is 1. The summed E-state index contributed by atoms with van der Waals surface area (Å²) >= 11 is 0. The molecule has 8 heteroatoms. The van der Waals surface area contributed by atoms with Gasteiger partial charge < -0.3 is 19.3 Å². The van der Waals surface area contributed by atoms with Crippen molar-refractivity contribution < 1.29 is 27.2 Å². The Balaban J connectivity index is 1.96. The molecule has 1 aliphatic heterocycles. The number of aliphatic hydroxyl groups excluding tert-OH is 1. The van der Waals surface area contributed by atoms with Crippen LogP contribution >= 0.6 is 0 Å². The molecule has 1 unspecified atom stereocenters. The molecule has 0 radical (unpaired) electrons. The first-order valence-corrected chi connectivity index (χ1v) is 8.74. The smallest absolute Gasteiger partial charge is 0.339 e. The summed E-state index contributed by atoms with van der Waals surface area (Å²) in [6, 6.07) is 12.3. The molecule has 1 atom stereocenters. The topological polar surface area (TPSA) is 102 Å². The van der Waals surface area contributed by atoms with Crippen LogP contribution in [0.5, 0.6) is 11.5 Å². The zero-order chi connectivity index (χ0) is 18.0. The summed E-state index contributed by atoms with van der Waals surface area (Å²) < 4.78 is 35.2. The molecule has 2 aromatic rings. The zero-order valence-electron chi connectivity index (χ0n) is 13.2. The van der Waals surface area contributed by atoms with Crippen LogP contribution in [-0.4, -0.2) is 25.7 Å². The normalized spacial score (nSPS) is 16.2. The van der Waals surface area contributed by atoms with E-state index >= 15 is 0 Å². The summed E-state index contributed by atoms with van der Waals surface area (Å²) in [6.07, 6.45) is 0.0490. The first-order valence-electron chi connectivity index (χ1n) is 7.33. The van der Waals surface area contributed by atoms with Gasteiger partial charge >= 0.3 is 10.1 Å². The van der Waals surface area contributed by atoms with Gasteiger partial charge in [0.15, 0.2) is 11.5 Å². The van der Waals surface area contributed by atoms with Gasteiger partial charge in [-0.1, -0.05) is 30.3 Å². The maximum atomic E-state index is 12.4. The van der Waals surface area contributed by atoms with Crippen LogP contribution in [-0.2, 0) is 14.9 Å². The summed E-state index contributed by atoms with van der Waals surface area (Å²) in [5.41, 5.74) is 0.623. The summed E-state index contributed by atoms with van der Waals surface area (Å²) in [4.78, 5) is 11.2. The number of fused-ring (bicyclic) bond motifs is 1. The Bertz CT molecular complexity index is 937. The van der Waals surface area contributed by atoms with E-state index < -0.39 is 16.4 Å². The maximum absolute atomic E-state index is 12.4. The van der Waals surface area contributed by atoms with Crippen LogP contribution in [0.1, 0.15) is 12.5 Å². The summed E-state index contributed by atoms with van der Waals surface area (Å²) in [7, 11) is -4.05. The molecule has 1 amide bonds. The molecule has 25 heavy (non-hydrogen) atoms. The predicted molar refractivity (Wildman–Crippen MR) is 89.1 cm³/mol. The van der Waals surface area contributed by atoms with E-state index in [1.807, 2.05) is 0 Å². The number of rotatable bonds is 4. The highest BCUT2D eigenvalue weighted by atomic mass is 32.2. The Hall–Kier alpha value is -2.84. The van der Waals surface area contributed by atoms with E-state index in [1.165, 1.54) is 31.2 Å². The lowest BCUT2D eigenvalue weighted by atomic mass is 10.1.